The van der Waals surface area contributed by atoms with E-state index in [1.54, 1.807) is 30.3 Å². The lowest BCUT2D eigenvalue weighted by Crippen LogP contribution is -2.21. The zero-order valence-electron chi connectivity index (χ0n) is 19.2. The van der Waals surface area contributed by atoms with Crippen LogP contribution in [-0.2, 0) is 26.2 Å². The molecule has 0 spiro atoms. The summed E-state index contributed by atoms with van der Waals surface area (Å²) in [6, 6.07) is 25.4. The zero-order chi connectivity index (χ0) is 26.3. The number of carbonyl (C=O) groups excluding carboxylic acids is 2. The van der Waals surface area contributed by atoms with Crippen molar-refractivity contribution in [3.8, 4) is 5.75 Å². The Hall–Kier alpha value is -3.67. The van der Waals surface area contributed by atoms with Crippen LogP contribution in [0.2, 0.25) is 0 Å². The highest BCUT2D eigenvalue weighted by molar-refractivity contribution is 9.11. The minimum atomic E-state index is -3.73. The number of rotatable bonds is 10. The molecule has 4 aromatic rings. The first-order valence-electron chi connectivity index (χ1n) is 10.9. The summed E-state index contributed by atoms with van der Waals surface area (Å²) in [7, 11) is -3.73. The molecule has 0 saturated heterocycles. The maximum absolute atomic E-state index is 12.4. The van der Waals surface area contributed by atoms with E-state index in [1.807, 2.05) is 30.3 Å². The molecule has 0 bridgehead atoms. The largest absolute Gasteiger partial charge is 0.489 e. The van der Waals surface area contributed by atoms with Gasteiger partial charge in [-0.2, -0.15) is 0 Å². The molecule has 190 valence electrons. The molecule has 0 atom stereocenters. The second-order valence-corrected chi connectivity index (χ2v) is 12.0. The van der Waals surface area contributed by atoms with Crippen molar-refractivity contribution in [1.82, 2.24) is 0 Å². The van der Waals surface area contributed by atoms with E-state index in [2.05, 4.69) is 26.0 Å². The first-order valence-corrected chi connectivity index (χ1v) is 14.0. The van der Waals surface area contributed by atoms with Crippen molar-refractivity contribution in [2.75, 3.05) is 16.6 Å². The zero-order valence-corrected chi connectivity index (χ0v) is 22.4. The Labute approximate surface area is 226 Å². The predicted octanol–water partition coefficient (Wildman–Crippen LogP) is 5.69. The van der Waals surface area contributed by atoms with Gasteiger partial charge in [-0.1, -0.05) is 30.3 Å². The van der Waals surface area contributed by atoms with E-state index in [0.29, 0.717) is 21.8 Å². The summed E-state index contributed by atoms with van der Waals surface area (Å²) in [6.07, 6.45) is 0. The van der Waals surface area contributed by atoms with Crippen LogP contribution in [0.3, 0.4) is 0 Å². The van der Waals surface area contributed by atoms with Crippen molar-refractivity contribution in [1.29, 1.82) is 0 Å². The Kier molecular flexibility index (Phi) is 8.59. The number of benzene rings is 3. The van der Waals surface area contributed by atoms with Gasteiger partial charge in [-0.3, -0.25) is 9.52 Å². The molecular formula is C26H21BrN2O6S2. The molecule has 0 unspecified atom stereocenters. The lowest BCUT2D eigenvalue weighted by Gasteiger charge is -2.09. The molecule has 4 rings (SSSR count). The van der Waals surface area contributed by atoms with Crippen LogP contribution in [0.25, 0.3) is 0 Å². The summed E-state index contributed by atoms with van der Waals surface area (Å²) in [4.78, 5) is 24.5. The number of carbonyl (C=O) groups is 2. The van der Waals surface area contributed by atoms with Crippen LogP contribution in [0, 0.1) is 0 Å². The standard InChI is InChI=1S/C26H21BrN2O6S2/c27-23-14-15-25(36-23)37(32,33)29-21-8-6-19(7-9-21)26(31)35-17-24(30)28-20-10-12-22(13-11-20)34-16-18-4-2-1-3-5-18/h1-15,29H,16-17H2,(H,28,30). The maximum atomic E-state index is 12.4. The summed E-state index contributed by atoms with van der Waals surface area (Å²) in [5.41, 5.74) is 2.04. The molecule has 37 heavy (non-hydrogen) atoms. The Balaban J connectivity index is 1.23. The molecule has 1 amide bonds. The van der Waals surface area contributed by atoms with E-state index >= 15 is 0 Å². The third-order valence-corrected chi connectivity index (χ3v) is 8.40. The van der Waals surface area contributed by atoms with Gasteiger partial charge in [0.25, 0.3) is 15.9 Å². The highest BCUT2D eigenvalue weighted by Crippen LogP contribution is 2.27. The van der Waals surface area contributed by atoms with Crippen LogP contribution < -0.4 is 14.8 Å². The number of hydrogen-bond donors (Lipinski definition) is 2. The number of nitrogens with one attached hydrogen (secondary N) is 2. The van der Waals surface area contributed by atoms with Gasteiger partial charge < -0.3 is 14.8 Å². The summed E-state index contributed by atoms with van der Waals surface area (Å²) in [5, 5.41) is 2.65. The van der Waals surface area contributed by atoms with Crippen molar-refractivity contribution in [3.63, 3.8) is 0 Å². The first-order chi connectivity index (χ1) is 17.8. The van der Waals surface area contributed by atoms with E-state index < -0.39 is 28.5 Å². The van der Waals surface area contributed by atoms with Gasteiger partial charge in [-0.15, -0.1) is 11.3 Å². The molecule has 0 saturated carbocycles. The Morgan fingerprint density at radius 2 is 1.51 bits per heavy atom. The van der Waals surface area contributed by atoms with E-state index in [0.717, 1.165) is 16.9 Å². The van der Waals surface area contributed by atoms with Gasteiger partial charge in [0, 0.05) is 11.4 Å². The Bertz CT molecular complexity index is 1470. The number of hydrogen-bond acceptors (Lipinski definition) is 7. The van der Waals surface area contributed by atoms with Crippen LogP contribution in [0.5, 0.6) is 5.75 Å². The third-order valence-electron chi connectivity index (χ3n) is 4.91. The molecule has 0 fully saturated rings. The van der Waals surface area contributed by atoms with Crippen LogP contribution in [0.1, 0.15) is 15.9 Å². The van der Waals surface area contributed by atoms with Crippen LogP contribution in [-0.4, -0.2) is 26.9 Å². The van der Waals surface area contributed by atoms with E-state index in [4.69, 9.17) is 9.47 Å². The SMILES string of the molecule is O=C(COC(=O)c1ccc(NS(=O)(=O)c2ccc(Br)s2)cc1)Nc1ccc(OCc2ccccc2)cc1. The van der Waals surface area contributed by atoms with E-state index in [-0.39, 0.29) is 15.5 Å². The monoisotopic (exact) mass is 600 g/mol. The van der Waals surface area contributed by atoms with Gasteiger partial charge in [0.2, 0.25) is 0 Å². The number of esters is 1. The van der Waals surface area contributed by atoms with E-state index in [9.17, 15) is 18.0 Å². The van der Waals surface area contributed by atoms with Crippen molar-refractivity contribution in [2.24, 2.45) is 0 Å². The van der Waals surface area contributed by atoms with E-state index in [1.165, 1.54) is 30.3 Å². The Morgan fingerprint density at radius 1 is 0.838 bits per heavy atom. The van der Waals surface area contributed by atoms with Crippen LogP contribution >= 0.6 is 27.3 Å². The summed E-state index contributed by atoms with van der Waals surface area (Å²) in [6.45, 7) is -0.0469. The molecule has 0 aliphatic carbocycles. The molecule has 1 aromatic heterocycles. The lowest BCUT2D eigenvalue weighted by molar-refractivity contribution is -0.119. The van der Waals surface area contributed by atoms with Gasteiger partial charge in [0.05, 0.1) is 9.35 Å². The molecular weight excluding hydrogens is 580 g/mol. The number of halogens is 1. The van der Waals surface area contributed by atoms with Gasteiger partial charge >= 0.3 is 5.97 Å². The van der Waals surface area contributed by atoms with Crippen molar-refractivity contribution >= 4 is 60.5 Å². The molecule has 8 nitrogen and oxygen atoms in total. The molecule has 11 heteroatoms. The summed E-state index contributed by atoms with van der Waals surface area (Å²) in [5.74, 6) is -0.559. The topological polar surface area (TPSA) is 111 Å². The average molecular weight is 602 g/mol. The van der Waals surface area contributed by atoms with Crippen molar-refractivity contribution in [2.45, 2.75) is 10.8 Å². The maximum Gasteiger partial charge on any atom is 0.338 e. The minimum Gasteiger partial charge on any atom is -0.489 e. The normalized spacial score (nSPS) is 10.9. The quantitative estimate of drug-likeness (QED) is 0.226. The van der Waals surface area contributed by atoms with Gasteiger partial charge in [0.15, 0.2) is 6.61 Å². The highest BCUT2D eigenvalue weighted by Gasteiger charge is 2.17. The fraction of sp³-hybridized carbons (Fsp3) is 0.0769. The lowest BCUT2D eigenvalue weighted by atomic mass is 10.2. The van der Waals surface area contributed by atoms with Gasteiger partial charge in [-0.25, -0.2) is 13.2 Å². The second-order valence-electron chi connectivity index (χ2n) is 7.66. The average Bonchev–Trinajstić information content (AvgIpc) is 3.35. The third kappa shape index (κ3) is 7.66. The van der Waals surface area contributed by atoms with Gasteiger partial charge in [0.1, 0.15) is 16.6 Å². The fourth-order valence-electron chi connectivity index (χ4n) is 3.11. The number of anilines is 2. The molecule has 3 aromatic carbocycles. The van der Waals surface area contributed by atoms with Crippen LogP contribution in [0.15, 0.2) is 99.0 Å². The number of ether oxygens (including phenoxy) is 2. The molecule has 1 heterocycles. The molecule has 2 N–H and O–H groups in total. The summed E-state index contributed by atoms with van der Waals surface area (Å²) >= 11 is 4.32. The van der Waals surface area contributed by atoms with Gasteiger partial charge in [-0.05, 0) is 82.2 Å². The predicted molar refractivity (Wildman–Crippen MR) is 145 cm³/mol. The Morgan fingerprint density at radius 3 is 2.16 bits per heavy atom. The number of sulfonamides is 1. The fourth-order valence-corrected chi connectivity index (χ4v) is 6.18. The first kappa shape index (κ1) is 26.4. The molecule has 0 radical (unpaired) electrons. The van der Waals surface area contributed by atoms with Crippen molar-refractivity contribution in [3.05, 3.63) is 106 Å². The summed E-state index contributed by atoms with van der Waals surface area (Å²) < 4.78 is 38.9. The number of thiophene rings is 1. The number of amides is 1. The molecule has 0 aliphatic heterocycles. The minimum absolute atomic E-state index is 0.156. The smallest absolute Gasteiger partial charge is 0.338 e. The molecule has 0 aliphatic rings. The second kappa shape index (κ2) is 12.0. The van der Waals surface area contributed by atoms with Crippen LogP contribution in [0.4, 0.5) is 11.4 Å². The highest BCUT2D eigenvalue weighted by atomic mass is 79.9. The van der Waals surface area contributed by atoms with Crippen molar-refractivity contribution < 1.29 is 27.5 Å².